The first kappa shape index (κ1) is 12.7. The van der Waals surface area contributed by atoms with Crippen molar-refractivity contribution >= 4 is 21.8 Å². The lowest BCUT2D eigenvalue weighted by Gasteiger charge is -2.21. The molecule has 1 aromatic carbocycles. The molecule has 5 heteroatoms. The summed E-state index contributed by atoms with van der Waals surface area (Å²) in [6, 6.07) is 7.98. The molecule has 0 atom stereocenters. The smallest absolute Gasteiger partial charge is 0.230 e. The fraction of sp³-hybridized carbons (Fsp3) is 0.357. The van der Waals surface area contributed by atoms with E-state index < -0.39 is 0 Å². The van der Waals surface area contributed by atoms with Crippen molar-refractivity contribution < 1.29 is 9.26 Å². The van der Waals surface area contributed by atoms with Crippen molar-refractivity contribution in [2.75, 3.05) is 18.9 Å². The van der Waals surface area contributed by atoms with Gasteiger partial charge in [-0.2, -0.15) is 0 Å². The van der Waals surface area contributed by atoms with Crippen LogP contribution >= 0.6 is 15.9 Å². The van der Waals surface area contributed by atoms with Crippen LogP contribution in [0.15, 0.2) is 33.3 Å². The Morgan fingerprint density at radius 1 is 1.21 bits per heavy atom. The summed E-state index contributed by atoms with van der Waals surface area (Å²) in [4.78, 5) is 0. The molecule has 0 saturated carbocycles. The lowest BCUT2D eigenvalue weighted by molar-refractivity contribution is 0.0839. The van der Waals surface area contributed by atoms with Gasteiger partial charge in [-0.3, -0.25) is 0 Å². The zero-order chi connectivity index (χ0) is 13.2. The van der Waals surface area contributed by atoms with E-state index in [4.69, 9.17) is 15.0 Å². The highest BCUT2D eigenvalue weighted by Gasteiger charge is 2.26. The molecule has 1 aliphatic rings. The third kappa shape index (κ3) is 2.40. The largest absolute Gasteiger partial charge is 0.381 e. The lowest BCUT2D eigenvalue weighted by atomic mass is 9.91. The highest BCUT2D eigenvalue weighted by atomic mass is 79.9. The molecule has 3 rings (SSSR count). The van der Waals surface area contributed by atoms with Gasteiger partial charge < -0.3 is 15.0 Å². The van der Waals surface area contributed by atoms with Crippen molar-refractivity contribution in [1.29, 1.82) is 0 Å². The number of nitrogens with two attached hydrogens (primary N) is 1. The molecule has 0 spiro atoms. The van der Waals surface area contributed by atoms with Crippen molar-refractivity contribution in [3.63, 3.8) is 0 Å². The van der Waals surface area contributed by atoms with Gasteiger partial charge in [0.25, 0.3) is 0 Å². The van der Waals surface area contributed by atoms with Crippen LogP contribution in [0.3, 0.4) is 0 Å². The Kier molecular flexibility index (Phi) is 3.57. The van der Waals surface area contributed by atoms with Crippen molar-refractivity contribution in [2.45, 2.75) is 18.8 Å². The van der Waals surface area contributed by atoms with Gasteiger partial charge in [0.05, 0.1) is 11.3 Å². The second-order valence-corrected chi connectivity index (χ2v) is 5.53. The molecular formula is C14H15BrN2O2. The third-order valence-corrected chi connectivity index (χ3v) is 4.19. The summed E-state index contributed by atoms with van der Waals surface area (Å²) in [5.41, 5.74) is 8.87. The Morgan fingerprint density at radius 2 is 1.95 bits per heavy atom. The maximum Gasteiger partial charge on any atom is 0.230 e. The van der Waals surface area contributed by atoms with Gasteiger partial charge >= 0.3 is 0 Å². The maximum absolute atomic E-state index is 5.97. The molecule has 0 aliphatic carbocycles. The maximum atomic E-state index is 5.97. The van der Waals surface area contributed by atoms with Gasteiger partial charge in [-0.15, -0.1) is 0 Å². The highest BCUT2D eigenvalue weighted by molar-refractivity contribution is 9.10. The van der Waals surface area contributed by atoms with Crippen LogP contribution in [0, 0.1) is 0 Å². The zero-order valence-corrected chi connectivity index (χ0v) is 12.0. The average molecular weight is 323 g/mol. The summed E-state index contributed by atoms with van der Waals surface area (Å²) >= 11 is 3.56. The van der Waals surface area contributed by atoms with Crippen LogP contribution < -0.4 is 5.73 Å². The molecule has 1 aromatic heterocycles. The van der Waals surface area contributed by atoms with Gasteiger partial charge in [-0.05, 0) is 18.9 Å². The molecule has 1 saturated heterocycles. The minimum absolute atomic E-state index is 0.358. The van der Waals surface area contributed by atoms with E-state index in [2.05, 4.69) is 21.1 Å². The number of halogens is 1. The molecule has 1 aliphatic heterocycles. The van der Waals surface area contributed by atoms with Crippen LogP contribution in [0.5, 0.6) is 0 Å². The number of benzene rings is 1. The molecule has 0 radical (unpaired) electrons. The summed E-state index contributed by atoms with van der Waals surface area (Å²) < 4.78 is 11.6. The van der Waals surface area contributed by atoms with E-state index in [-0.39, 0.29) is 0 Å². The number of ether oxygens (including phenoxy) is 1. The van der Waals surface area contributed by atoms with E-state index in [0.29, 0.717) is 11.8 Å². The average Bonchev–Trinajstić information content (AvgIpc) is 2.82. The van der Waals surface area contributed by atoms with Gasteiger partial charge in [0.15, 0.2) is 0 Å². The molecule has 4 nitrogen and oxygen atoms in total. The monoisotopic (exact) mass is 322 g/mol. The number of hydrogen-bond acceptors (Lipinski definition) is 4. The first-order chi connectivity index (χ1) is 9.27. The number of nitrogens with zero attached hydrogens (tertiary/aromatic N) is 1. The Morgan fingerprint density at radius 3 is 2.68 bits per heavy atom. The van der Waals surface area contributed by atoms with Crippen LogP contribution in [0.4, 0.5) is 5.88 Å². The second-order valence-electron chi connectivity index (χ2n) is 4.67. The number of anilines is 1. The Hall–Kier alpha value is -1.33. The van der Waals surface area contributed by atoms with Crippen LogP contribution in [0.2, 0.25) is 0 Å². The number of hydrogen-bond donors (Lipinski definition) is 1. The van der Waals surface area contributed by atoms with Crippen LogP contribution in [0.25, 0.3) is 11.1 Å². The van der Waals surface area contributed by atoms with Crippen molar-refractivity contribution in [1.82, 2.24) is 5.16 Å². The standard InChI is InChI=1S/C14H15BrN2O2/c15-11-4-2-1-3-10(11)12-13(17-19-14(12)16)9-5-7-18-8-6-9/h1-4,9H,5-8,16H2. The molecule has 2 aromatic rings. The zero-order valence-electron chi connectivity index (χ0n) is 10.4. The summed E-state index contributed by atoms with van der Waals surface area (Å²) in [5.74, 6) is 0.741. The minimum atomic E-state index is 0.358. The van der Waals surface area contributed by atoms with Crippen LogP contribution in [-0.2, 0) is 4.74 Å². The first-order valence-electron chi connectivity index (χ1n) is 6.35. The first-order valence-corrected chi connectivity index (χ1v) is 7.14. The van der Waals surface area contributed by atoms with Crippen molar-refractivity contribution in [2.24, 2.45) is 0 Å². The molecule has 1 fully saturated rings. The fourth-order valence-corrected chi connectivity index (χ4v) is 2.98. The van der Waals surface area contributed by atoms with Gasteiger partial charge in [0.1, 0.15) is 0 Å². The van der Waals surface area contributed by atoms with Gasteiger partial charge in [0.2, 0.25) is 5.88 Å². The predicted molar refractivity (Wildman–Crippen MR) is 76.8 cm³/mol. The molecule has 0 amide bonds. The second kappa shape index (κ2) is 5.35. The molecule has 2 N–H and O–H groups in total. The van der Waals surface area contributed by atoms with E-state index in [9.17, 15) is 0 Å². The normalized spacial score (nSPS) is 16.7. The topological polar surface area (TPSA) is 61.3 Å². The molecule has 19 heavy (non-hydrogen) atoms. The number of rotatable bonds is 2. The molecule has 0 bridgehead atoms. The Bertz CT molecular complexity index is 577. The fourth-order valence-electron chi connectivity index (χ4n) is 2.50. The molecule has 2 heterocycles. The quantitative estimate of drug-likeness (QED) is 0.917. The molecule has 0 unspecified atom stereocenters. The van der Waals surface area contributed by atoms with E-state index in [1.54, 1.807) is 0 Å². The molecular weight excluding hydrogens is 308 g/mol. The summed E-state index contributed by atoms with van der Waals surface area (Å²) in [6.07, 6.45) is 1.92. The Labute approximate surface area is 120 Å². The van der Waals surface area contributed by atoms with E-state index in [1.165, 1.54) is 0 Å². The van der Waals surface area contributed by atoms with Crippen LogP contribution in [-0.4, -0.2) is 18.4 Å². The minimum Gasteiger partial charge on any atom is -0.381 e. The van der Waals surface area contributed by atoms with E-state index >= 15 is 0 Å². The Balaban J connectivity index is 2.06. The number of nitrogen functional groups attached to an aromatic ring is 1. The van der Waals surface area contributed by atoms with Crippen molar-refractivity contribution in [3.8, 4) is 11.1 Å². The van der Waals surface area contributed by atoms with Crippen molar-refractivity contribution in [3.05, 3.63) is 34.4 Å². The van der Waals surface area contributed by atoms with Gasteiger partial charge in [-0.1, -0.05) is 39.3 Å². The van der Waals surface area contributed by atoms with E-state index in [1.807, 2.05) is 24.3 Å². The predicted octanol–water partition coefficient (Wildman–Crippen LogP) is 3.58. The summed E-state index contributed by atoms with van der Waals surface area (Å²) in [7, 11) is 0. The summed E-state index contributed by atoms with van der Waals surface area (Å²) in [6.45, 7) is 1.54. The third-order valence-electron chi connectivity index (χ3n) is 3.50. The van der Waals surface area contributed by atoms with Gasteiger partial charge in [-0.25, -0.2) is 0 Å². The lowest BCUT2D eigenvalue weighted by Crippen LogP contribution is -2.15. The SMILES string of the molecule is Nc1onc(C2CCOCC2)c1-c1ccccc1Br. The number of aromatic nitrogens is 1. The molecule has 100 valence electrons. The highest BCUT2D eigenvalue weighted by Crippen LogP contribution is 2.40. The summed E-state index contributed by atoms with van der Waals surface area (Å²) in [5, 5.41) is 4.18. The van der Waals surface area contributed by atoms with Gasteiger partial charge in [0, 0.05) is 29.2 Å². The van der Waals surface area contributed by atoms with Crippen LogP contribution in [0.1, 0.15) is 24.5 Å². The van der Waals surface area contributed by atoms with E-state index in [0.717, 1.165) is 47.3 Å².